The van der Waals surface area contributed by atoms with E-state index in [0.717, 1.165) is 16.7 Å². The fraction of sp³-hybridized carbons (Fsp3) is 0.167. The Morgan fingerprint density at radius 3 is 3.05 bits per heavy atom. The van der Waals surface area contributed by atoms with Crippen molar-refractivity contribution in [1.29, 1.82) is 0 Å². The predicted octanol–water partition coefficient (Wildman–Crippen LogP) is 1.25. The Labute approximate surface area is 108 Å². The Bertz CT molecular complexity index is 743. The van der Waals surface area contributed by atoms with Crippen LogP contribution in [0.2, 0.25) is 0 Å². The van der Waals surface area contributed by atoms with Gasteiger partial charge in [-0.2, -0.15) is 10.2 Å². The Morgan fingerprint density at radius 2 is 2.32 bits per heavy atom. The maximum atomic E-state index is 12.0. The van der Waals surface area contributed by atoms with Crippen LogP contribution in [0.1, 0.15) is 16.1 Å². The van der Waals surface area contributed by atoms with Crippen molar-refractivity contribution in [2.45, 2.75) is 6.92 Å². The van der Waals surface area contributed by atoms with E-state index < -0.39 is 0 Å². The van der Waals surface area contributed by atoms with E-state index in [0.29, 0.717) is 11.4 Å². The highest BCUT2D eigenvalue weighted by Gasteiger charge is 2.12. The molecule has 0 fully saturated rings. The zero-order chi connectivity index (χ0) is 13.4. The first-order valence-electron chi connectivity index (χ1n) is 5.75. The van der Waals surface area contributed by atoms with Gasteiger partial charge < -0.3 is 5.32 Å². The van der Waals surface area contributed by atoms with Gasteiger partial charge in [0, 0.05) is 24.7 Å². The van der Waals surface area contributed by atoms with Crippen molar-refractivity contribution in [2.75, 3.05) is 5.32 Å². The first-order chi connectivity index (χ1) is 9.15. The predicted molar refractivity (Wildman–Crippen MR) is 69.8 cm³/mol. The molecule has 7 heteroatoms. The van der Waals surface area contributed by atoms with Crippen molar-refractivity contribution < 1.29 is 4.79 Å². The molecule has 2 N–H and O–H groups in total. The van der Waals surface area contributed by atoms with Gasteiger partial charge in [-0.05, 0) is 13.0 Å². The number of amides is 1. The molecule has 0 aliphatic carbocycles. The van der Waals surface area contributed by atoms with Crippen LogP contribution in [-0.4, -0.2) is 30.9 Å². The molecule has 19 heavy (non-hydrogen) atoms. The average molecular weight is 256 g/mol. The molecule has 1 amide bonds. The van der Waals surface area contributed by atoms with Gasteiger partial charge in [-0.25, -0.2) is 4.98 Å². The molecule has 0 saturated carbocycles. The van der Waals surface area contributed by atoms with E-state index in [9.17, 15) is 4.79 Å². The summed E-state index contributed by atoms with van der Waals surface area (Å²) in [6.45, 7) is 1.89. The van der Waals surface area contributed by atoms with Crippen molar-refractivity contribution in [3.8, 4) is 0 Å². The third-order valence-corrected chi connectivity index (χ3v) is 2.87. The summed E-state index contributed by atoms with van der Waals surface area (Å²) in [5.74, 6) is 0.315. The van der Waals surface area contributed by atoms with Gasteiger partial charge in [-0.15, -0.1) is 0 Å². The minimum absolute atomic E-state index is 0.234. The van der Waals surface area contributed by atoms with Gasteiger partial charge in [0.25, 0.3) is 5.91 Å². The van der Waals surface area contributed by atoms with E-state index in [1.165, 1.54) is 6.20 Å². The summed E-state index contributed by atoms with van der Waals surface area (Å²) >= 11 is 0. The quantitative estimate of drug-likeness (QED) is 0.722. The molecule has 0 bridgehead atoms. The molecule has 0 aliphatic rings. The summed E-state index contributed by atoms with van der Waals surface area (Å²) in [5, 5.41) is 14.3. The highest BCUT2D eigenvalue weighted by molar-refractivity contribution is 6.05. The standard InChI is InChI=1S/C12H12N6O/c1-7-9-5-8(6-13-11(9)18(2)17-7)12(19)15-10-3-4-14-16-10/h3-6H,1-2H3,(H2,14,15,16,19). The van der Waals surface area contributed by atoms with Crippen LogP contribution in [0.15, 0.2) is 24.5 Å². The van der Waals surface area contributed by atoms with E-state index >= 15 is 0 Å². The molecule has 3 heterocycles. The number of hydrogen-bond donors (Lipinski definition) is 2. The summed E-state index contributed by atoms with van der Waals surface area (Å²) in [4.78, 5) is 16.3. The Kier molecular flexibility index (Phi) is 2.52. The molecule has 0 saturated heterocycles. The lowest BCUT2D eigenvalue weighted by atomic mass is 10.2. The summed E-state index contributed by atoms with van der Waals surface area (Å²) in [7, 11) is 1.83. The van der Waals surface area contributed by atoms with Crippen LogP contribution in [0.3, 0.4) is 0 Å². The van der Waals surface area contributed by atoms with Crippen LogP contribution < -0.4 is 5.32 Å². The second-order valence-electron chi connectivity index (χ2n) is 4.23. The molecular formula is C12H12N6O. The third-order valence-electron chi connectivity index (χ3n) is 2.87. The fourth-order valence-corrected chi connectivity index (χ4v) is 1.95. The molecule has 96 valence electrons. The lowest BCUT2D eigenvalue weighted by molar-refractivity contribution is 0.102. The van der Waals surface area contributed by atoms with E-state index in [2.05, 4.69) is 25.6 Å². The number of aromatic nitrogens is 5. The summed E-state index contributed by atoms with van der Waals surface area (Å²) < 4.78 is 1.70. The normalized spacial score (nSPS) is 10.8. The highest BCUT2D eigenvalue weighted by atomic mass is 16.1. The summed E-state index contributed by atoms with van der Waals surface area (Å²) in [5.41, 5.74) is 2.09. The smallest absolute Gasteiger partial charge is 0.258 e. The number of carbonyl (C=O) groups excluding carboxylic acids is 1. The highest BCUT2D eigenvalue weighted by Crippen LogP contribution is 2.17. The van der Waals surface area contributed by atoms with E-state index in [1.54, 1.807) is 23.0 Å². The zero-order valence-corrected chi connectivity index (χ0v) is 10.5. The fourth-order valence-electron chi connectivity index (χ4n) is 1.95. The SMILES string of the molecule is Cc1nn(C)c2ncc(C(=O)Nc3ccn[nH]3)cc12. The van der Waals surface area contributed by atoms with Crippen LogP contribution >= 0.6 is 0 Å². The van der Waals surface area contributed by atoms with E-state index in [1.807, 2.05) is 14.0 Å². The lowest BCUT2D eigenvalue weighted by Gasteiger charge is -2.02. The Balaban J connectivity index is 1.97. The number of anilines is 1. The first-order valence-corrected chi connectivity index (χ1v) is 5.75. The summed E-state index contributed by atoms with van der Waals surface area (Å²) in [6.07, 6.45) is 3.11. The van der Waals surface area contributed by atoms with Gasteiger partial charge in [-0.3, -0.25) is 14.6 Å². The van der Waals surface area contributed by atoms with E-state index in [-0.39, 0.29) is 5.91 Å². The van der Waals surface area contributed by atoms with Gasteiger partial charge in [0.15, 0.2) is 5.65 Å². The van der Waals surface area contributed by atoms with Gasteiger partial charge in [0.1, 0.15) is 5.82 Å². The molecule has 0 radical (unpaired) electrons. The van der Waals surface area contributed by atoms with Crippen molar-refractivity contribution in [1.82, 2.24) is 25.0 Å². The maximum absolute atomic E-state index is 12.0. The van der Waals surface area contributed by atoms with Gasteiger partial charge >= 0.3 is 0 Å². The molecular weight excluding hydrogens is 244 g/mol. The molecule has 0 aromatic carbocycles. The first kappa shape index (κ1) is 11.4. The van der Waals surface area contributed by atoms with Gasteiger partial charge in [0.05, 0.1) is 17.5 Å². The maximum Gasteiger partial charge on any atom is 0.258 e. The van der Waals surface area contributed by atoms with Gasteiger partial charge in [-0.1, -0.05) is 0 Å². The molecule has 7 nitrogen and oxygen atoms in total. The number of aromatic amines is 1. The van der Waals surface area contributed by atoms with Crippen LogP contribution in [0.4, 0.5) is 5.82 Å². The number of nitrogens with zero attached hydrogens (tertiary/aromatic N) is 4. The number of fused-ring (bicyclic) bond motifs is 1. The van der Waals surface area contributed by atoms with Crippen molar-refractivity contribution >= 4 is 22.8 Å². The second-order valence-corrected chi connectivity index (χ2v) is 4.23. The minimum Gasteiger partial charge on any atom is -0.307 e. The lowest BCUT2D eigenvalue weighted by Crippen LogP contribution is -2.12. The molecule has 0 atom stereocenters. The number of pyridine rings is 1. The zero-order valence-electron chi connectivity index (χ0n) is 10.5. The Hall–Kier alpha value is -2.70. The second kappa shape index (κ2) is 4.20. The molecule has 0 aliphatic heterocycles. The average Bonchev–Trinajstić information content (AvgIpc) is 2.99. The van der Waals surface area contributed by atoms with Crippen LogP contribution in [0.25, 0.3) is 11.0 Å². The number of nitrogens with one attached hydrogen (secondary N) is 2. The minimum atomic E-state index is -0.234. The molecule has 3 aromatic rings. The van der Waals surface area contributed by atoms with E-state index in [4.69, 9.17) is 0 Å². The molecule has 0 unspecified atom stereocenters. The number of rotatable bonds is 2. The number of H-pyrrole nitrogens is 1. The number of aryl methyl sites for hydroxylation is 2. The largest absolute Gasteiger partial charge is 0.307 e. The van der Waals surface area contributed by atoms with Crippen molar-refractivity contribution in [2.24, 2.45) is 7.05 Å². The number of hydrogen-bond acceptors (Lipinski definition) is 4. The monoisotopic (exact) mass is 256 g/mol. The Morgan fingerprint density at radius 1 is 1.47 bits per heavy atom. The number of carbonyl (C=O) groups is 1. The van der Waals surface area contributed by atoms with Crippen LogP contribution in [0, 0.1) is 6.92 Å². The third kappa shape index (κ3) is 1.95. The molecule has 3 rings (SSSR count). The topological polar surface area (TPSA) is 88.5 Å². The molecule has 3 aromatic heterocycles. The van der Waals surface area contributed by atoms with Crippen LogP contribution in [-0.2, 0) is 7.05 Å². The molecule has 0 spiro atoms. The van der Waals surface area contributed by atoms with Crippen molar-refractivity contribution in [3.05, 3.63) is 35.8 Å². The van der Waals surface area contributed by atoms with Crippen LogP contribution in [0.5, 0.6) is 0 Å². The summed E-state index contributed by atoms with van der Waals surface area (Å²) in [6, 6.07) is 3.47. The van der Waals surface area contributed by atoms with Crippen molar-refractivity contribution in [3.63, 3.8) is 0 Å². The van der Waals surface area contributed by atoms with Gasteiger partial charge in [0.2, 0.25) is 0 Å².